The molecule has 1 aliphatic rings. The van der Waals surface area contributed by atoms with Crippen molar-refractivity contribution in [2.45, 2.75) is 25.3 Å². The first kappa shape index (κ1) is 20.7. The van der Waals surface area contributed by atoms with Crippen LogP contribution in [-0.4, -0.2) is 48.8 Å². The van der Waals surface area contributed by atoms with Crippen LogP contribution in [0.15, 0.2) is 47.0 Å². The molecule has 1 aliphatic heterocycles. The van der Waals surface area contributed by atoms with Crippen LogP contribution in [0.1, 0.15) is 36.8 Å². The molecule has 2 unspecified atom stereocenters. The predicted octanol–water partition coefficient (Wildman–Crippen LogP) is 3.84. The Morgan fingerprint density at radius 3 is 2.26 bits per heavy atom. The molecule has 0 spiro atoms. The Morgan fingerprint density at radius 1 is 1.00 bits per heavy atom. The van der Waals surface area contributed by atoms with E-state index in [0.717, 1.165) is 16.9 Å². The molecule has 1 aromatic heterocycles. The summed E-state index contributed by atoms with van der Waals surface area (Å²) in [7, 11) is 4.80. The Kier molecular flexibility index (Phi) is 5.79. The molecule has 31 heavy (non-hydrogen) atoms. The molecule has 162 valence electrons. The molecule has 8 nitrogen and oxygen atoms in total. The minimum atomic E-state index is -0.151. The fourth-order valence-corrected chi connectivity index (χ4v) is 3.79. The molecule has 0 N–H and O–H groups in total. The van der Waals surface area contributed by atoms with Gasteiger partial charge in [-0.3, -0.25) is 4.79 Å². The van der Waals surface area contributed by atoms with Gasteiger partial charge in [0.25, 0.3) is 0 Å². The van der Waals surface area contributed by atoms with Crippen molar-refractivity contribution in [2.75, 3.05) is 27.9 Å². The number of carbonyl (C=O) groups excluding carboxylic acids is 1. The van der Waals surface area contributed by atoms with Crippen LogP contribution in [0.3, 0.4) is 0 Å². The topological polar surface area (TPSA) is 86.9 Å². The normalized spacial score (nSPS) is 17.0. The molecular formula is C23H25N3O5. The zero-order valence-corrected chi connectivity index (χ0v) is 18.0. The second kappa shape index (κ2) is 8.67. The Bertz CT molecular complexity index is 1040. The van der Waals surface area contributed by atoms with Gasteiger partial charge in [0, 0.05) is 24.6 Å². The van der Waals surface area contributed by atoms with Gasteiger partial charge in [-0.25, -0.2) is 0 Å². The molecule has 2 atom stereocenters. The van der Waals surface area contributed by atoms with E-state index in [4.69, 9.17) is 18.7 Å². The summed E-state index contributed by atoms with van der Waals surface area (Å²) in [6.45, 7) is 2.54. The molecule has 1 fully saturated rings. The highest BCUT2D eigenvalue weighted by molar-refractivity contribution is 5.80. The quantitative estimate of drug-likeness (QED) is 0.571. The second-order valence-electron chi connectivity index (χ2n) is 7.45. The molecular weight excluding hydrogens is 398 g/mol. The Hall–Kier alpha value is -3.55. The molecule has 2 heterocycles. The number of benzene rings is 2. The summed E-state index contributed by atoms with van der Waals surface area (Å²) in [4.78, 5) is 19.1. The average Bonchev–Trinajstić information content (AvgIpc) is 3.45. The van der Waals surface area contributed by atoms with Gasteiger partial charge in [0.1, 0.15) is 17.2 Å². The number of likely N-dealkylation sites (tertiary alicyclic amines) is 1. The second-order valence-corrected chi connectivity index (χ2v) is 7.45. The number of carbonyl (C=O) groups is 1. The van der Waals surface area contributed by atoms with Crippen LogP contribution >= 0.6 is 0 Å². The minimum Gasteiger partial charge on any atom is -0.497 e. The van der Waals surface area contributed by atoms with Crippen molar-refractivity contribution in [3.63, 3.8) is 0 Å². The molecule has 0 bridgehead atoms. The fourth-order valence-electron chi connectivity index (χ4n) is 3.79. The Morgan fingerprint density at radius 2 is 1.65 bits per heavy atom. The lowest BCUT2D eigenvalue weighted by atomic mass is 10.1. The molecule has 2 aromatic carbocycles. The van der Waals surface area contributed by atoms with Gasteiger partial charge in [0.05, 0.1) is 33.3 Å². The van der Waals surface area contributed by atoms with Crippen LogP contribution < -0.4 is 14.2 Å². The Balaban J connectivity index is 1.51. The maximum atomic E-state index is 12.7. The number of methoxy groups -OCH3 is 3. The van der Waals surface area contributed by atoms with Crippen molar-refractivity contribution in [1.29, 1.82) is 0 Å². The zero-order chi connectivity index (χ0) is 22.0. The van der Waals surface area contributed by atoms with Gasteiger partial charge >= 0.3 is 0 Å². The van der Waals surface area contributed by atoms with Gasteiger partial charge in [-0.15, -0.1) is 0 Å². The van der Waals surface area contributed by atoms with E-state index in [1.807, 2.05) is 48.2 Å². The van der Waals surface area contributed by atoms with Crippen molar-refractivity contribution in [2.24, 2.45) is 0 Å². The van der Waals surface area contributed by atoms with Crippen LogP contribution in [0.4, 0.5) is 0 Å². The third kappa shape index (κ3) is 4.19. The summed E-state index contributed by atoms with van der Waals surface area (Å²) in [6, 6.07) is 13.1. The van der Waals surface area contributed by atoms with E-state index in [9.17, 15) is 4.79 Å². The van der Waals surface area contributed by atoms with Crippen molar-refractivity contribution in [3.05, 3.63) is 53.9 Å². The molecule has 1 saturated heterocycles. The van der Waals surface area contributed by atoms with Gasteiger partial charge in [-0.05, 0) is 36.8 Å². The summed E-state index contributed by atoms with van der Waals surface area (Å²) in [5.41, 5.74) is 1.77. The van der Waals surface area contributed by atoms with E-state index in [2.05, 4.69) is 10.1 Å². The molecule has 0 saturated carbocycles. The first-order valence-electron chi connectivity index (χ1n) is 10.0. The molecule has 0 aliphatic carbocycles. The third-order valence-electron chi connectivity index (χ3n) is 5.62. The van der Waals surface area contributed by atoms with Gasteiger partial charge in [-0.1, -0.05) is 17.3 Å². The van der Waals surface area contributed by atoms with E-state index in [-0.39, 0.29) is 17.9 Å². The summed E-state index contributed by atoms with van der Waals surface area (Å²) in [5.74, 6) is 2.86. The summed E-state index contributed by atoms with van der Waals surface area (Å²) in [5, 5.41) is 4.11. The summed E-state index contributed by atoms with van der Waals surface area (Å²) in [6.07, 6.45) is 0.337. The minimum absolute atomic E-state index is 0.0616. The number of aromatic nitrogens is 2. The first-order chi connectivity index (χ1) is 15.0. The van der Waals surface area contributed by atoms with Gasteiger partial charge in [0.15, 0.2) is 0 Å². The van der Waals surface area contributed by atoms with E-state index in [1.54, 1.807) is 27.4 Å². The molecule has 1 amide bonds. The van der Waals surface area contributed by atoms with E-state index < -0.39 is 0 Å². The molecule has 3 aromatic rings. The number of hydrogen-bond acceptors (Lipinski definition) is 7. The van der Waals surface area contributed by atoms with Crippen LogP contribution in [0, 0.1) is 0 Å². The molecule has 4 rings (SSSR count). The zero-order valence-electron chi connectivity index (χ0n) is 18.0. The smallest absolute Gasteiger partial charge is 0.232 e. The summed E-state index contributed by atoms with van der Waals surface area (Å²) < 4.78 is 21.4. The van der Waals surface area contributed by atoms with E-state index >= 15 is 0 Å². The van der Waals surface area contributed by atoms with Crippen LogP contribution in [0.5, 0.6) is 17.2 Å². The van der Waals surface area contributed by atoms with Crippen molar-refractivity contribution < 1.29 is 23.5 Å². The molecule has 0 radical (unpaired) electrons. The number of amides is 1. The number of ether oxygens (including phenoxy) is 3. The average molecular weight is 423 g/mol. The number of rotatable bonds is 7. The van der Waals surface area contributed by atoms with E-state index in [1.165, 1.54) is 0 Å². The highest BCUT2D eigenvalue weighted by Gasteiger charge is 2.37. The highest BCUT2D eigenvalue weighted by atomic mass is 16.5. The van der Waals surface area contributed by atoms with Crippen molar-refractivity contribution in [3.8, 4) is 28.6 Å². The van der Waals surface area contributed by atoms with Crippen molar-refractivity contribution in [1.82, 2.24) is 15.0 Å². The van der Waals surface area contributed by atoms with Crippen LogP contribution in [-0.2, 0) is 4.79 Å². The lowest BCUT2D eigenvalue weighted by Crippen LogP contribution is -2.28. The van der Waals surface area contributed by atoms with Gasteiger partial charge in [0.2, 0.25) is 17.6 Å². The lowest BCUT2D eigenvalue weighted by Gasteiger charge is -2.25. The maximum absolute atomic E-state index is 12.7. The van der Waals surface area contributed by atoms with Gasteiger partial charge < -0.3 is 23.6 Å². The monoisotopic (exact) mass is 423 g/mol. The lowest BCUT2D eigenvalue weighted by molar-refractivity contribution is -0.129. The van der Waals surface area contributed by atoms with Crippen molar-refractivity contribution >= 4 is 5.91 Å². The SMILES string of the molecule is COc1ccc(C(C)N2CC(c3nc(-c4cc(OC)cc(OC)c4)no3)CC2=O)cc1. The molecule has 8 heteroatoms. The Labute approximate surface area is 180 Å². The van der Waals surface area contributed by atoms with E-state index in [0.29, 0.717) is 36.2 Å². The summed E-state index contributed by atoms with van der Waals surface area (Å²) >= 11 is 0. The maximum Gasteiger partial charge on any atom is 0.232 e. The third-order valence-corrected chi connectivity index (χ3v) is 5.62. The van der Waals surface area contributed by atoms with Crippen LogP contribution in [0.25, 0.3) is 11.4 Å². The number of hydrogen-bond donors (Lipinski definition) is 0. The van der Waals surface area contributed by atoms with Gasteiger partial charge in [-0.2, -0.15) is 4.98 Å². The number of nitrogens with zero attached hydrogens (tertiary/aromatic N) is 3. The predicted molar refractivity (Wildman–Crippen MR) is 113 cm³/mol. The standard InChI is InChI=1S/C23H25N3O5/c1-14(15-5-7-18(28-2)8-6-15)26-13-17(11-21(26)27)23-24-22(25-31-23)16-9-19(29-3)12-20(10-16)30-4/h5-10,12,14,17H,11,13H2,1-4H3. The van der Waals surface area contributed by atoms with Crippen LogP contribution in [0.2, 0.25) is 0 Å². The highest BCUT2D eigenvalue weighted by Crippen LogP contribution is 2.35. The first-order valence-corrected chi connectivity index (χ1v) is 10.0. The fraction of sp³-hybridized carbons (Fsp3) is 0.348. The largest absolute Gasteiger partial charge is 0.497 e.